The molecule has 4 nitrogen and oxygen atoms in total. The highest BCUT2D eigenvalue weighted by Gasteiger charge is 2.38. The Labute approximate surface area is 131 Å². The van der Waals surface area contributed by atoms with Crippen LogP contribution in [0.25, 0.3) is 0 Å². The molecule has 0 heterocycles. The number of carbonyl (C=O) groups is 2. The number of rotatable bonds is 6. The van der Waals surface area contributed by atoms with E-state index < -0.39 is 35.6 Å². The smallest absolute Gasteiger partial charge is 0.416 e. The molecule has 1 amide bonds. The Bertz CT molecular complexity index is 596. The van der Waals surface area contributed by atoms with Crippen molar-refractivity contribution in [3.05, 3.63) is 35.4 Å². The molecule has 0 spiro atoms. The van der Waals surface area contributed by atoms with Crippen LogP contribution < -0.4 is 5.32 Å². The molecule has 2 rings (SSSR count). The third-order valence-corrected chi connectivity index (χ3v) is 3.90. The highest BCUT2D eigenvalue weighted by molar-refractivity contribution is 5.85. The molecule has 0 aromatic heterocycles. The predicted molar refractivity (Wildman–Crippen MR) is 76.6 cm³/mol. The van der Waals surface area contributed by atoms with E-state index in [0.29, 0.717) is 5.56 Å². The van der Waals surface area contributed by atoms with Crippen molar-refractivity contribution in [2.75, 3.05) is 0 Å². The lowest BCUT2D eigenvalue weighted by atomic mass is 9.98. The van der Waals surface area contributed by atoms with E-state index in [9.17, 15) is 22.8 Å². The summed E-state index contributed by atoms with van der Waals surface area (Å²) in [5.41, 5.74) is -0.371. The van der Waals surface area contributed by atoms with Gasteiger partial charge in [-0.1, -0.05) is 25.1 Å². The number of amides is 1. The van der Waals surface area contributed by atoms with Gasteiger partial charge in [0.15, 0.2) is 0 Å². The lowest BCUT2D eigenvalue weighted by Crippen LogP contribution is -2.44. The third-order valence-electron chi connectivity index (χ3n) is 3.90. The largest absolute Gasteiger partial charge is 0.480 e. The van der Waals surface area contributed by atoms with Crippen molar-refractivity contribution in [3.63, 3.8) is 0 Å². The third kappa shape index (κ3) is 4.71. The minimum Gasteiger partial charge on any atom is -0.480 e. The van der Waals surface area contributed by atoms with Crippen LogP contribution in [-0.2, 0) is 22.2 Å². The minimum absolute atomic E-state index is 0.0443. The number of carbonyl (C=O) groups excluding carboxylic acids is 1. The zero-order chi connectivity index (χ0) is 17.2. The van der Waals surface area contributed by atoms with Crippen LogP contribution in [0.1, 0.15) is 30.9 Å². The topological polar surface area (TPSA) is 66.4 Å². The van der Waals surface area contributed by atoms with Crippen LogP contribution in [0.3, 0.4) is 0 Å². The molecule has 1 aliphatic carbocycles. The van der Waals surface area contributed by atoms with Crippen LogP contribution in [0.4, 0.5) is 13.2 Å². The summed E-state index contributed by atoms with van der Waals surface area (Å²) >= 11 is 0. The molecule has 126 valence electrons. The van der Waals surface area contributed by atoms with Crippen molar-refractivity contribution < 1.29 is 27.9 Å². The van der Waals surface area contributed by atoms with Gasteiger partial charge in [-0.25, -0.2) is 4.79 Å². The molecule has 2 atom stereocenters. The molecular formula is C16H18F3NO3. The lowest BCUT2D eigenvalue weighted by Gasteiger charge is -2.18. The summed E-state index contributed by atoms with van der Waals surface area (Å²) in [6, 6.07) is 3.90. The Balaban J connectivity index is 1.99. The van der Waals surface area contributed by atoms with Gasteiger partial charge >= 0.3 is 12.1 Å². The van der Waals surface area contributed by atoms with Gasteiger partial charge in [0, 0.05) is 5.92 Å². The fraction of sp³-hybridized carbons (Fsp3) is 0.500. The van der Waals surface area contributed by atoms with E-state index in [1.165, 1.54) is 12.1 Å². The predicted octanol–water partition coefficient (Wildman–Crippen LogP) is 2.86. The van der Waals surface area contributed by atoms with E-state index in [2.05, 4.69) is 5.32 Å². The number of alkyl halides is 3. The summed E-state index contributed by atoms with van der Waals surface area (Å²) in [7, 11) is 0. The molecule has 7 heteroatoms. The fourth-order valence-electron chi connectivity index (χ4n) is 2.43. The molecule has 0 saturated heterocycles. The van der Waals surface area contributed by atoms with Crippen molar-refractivity contribution in [2.24, 2.45) is 11.8 Å². The summed E-state index contributed by atoms with van der Waals surface area (Å²) in [6.45, 7) is 1.57. The number of carboxylic acids is 1. The summed E-state index contributed by atoms with van der Waals surface area (Å²) < 4.78 is 38.0. The van der Waals surface area contributed by atoms with E-state index >= 15 is 0 Å². The van der Waals surface area contributed by atoms with Crippen LogP contribution >= 0.6 is 0 Å². The molecule has 23 heavy (non-hydrogen) atoms. The van der Waals surface area contributed by atoms with E-state index in [-0.39, 0.29) is 12.3 Å². The Morgan fingerprint density at radius 2 is 2.00 bits per heavy atom. The number of carboxylic acid groups (broad SMARTS) is 1. The number of halogens is 3. The number of hydrogen-bond donors (Lipinski definition) is 2. The Hall–Kier alpha value is -2.05. The maximum Gasteiger partial charge on any atom is 0.416 e. The maximum absolute atomic E-state index is 12.7. The molecule has 0 aliphatic heterocycles. The standard InChI is InChI=1S/C16H18F3NO3/c1-9(14(21)20-13(15(22)23)11-5-6-11)7-10-3-2-4-12(8-10)16(17,18)19/h2-4,8-9,11,13H,5-7H2,1H3,(H,20,21)(H,22,23). The van der Waals surface area contributed by atoms with Gasteiger partial charge in [-0.15, -0.1) is 0 Å². The SMILES string of the molecule is CC(Cc1cccc(C(F)(F)F)c1)C(=O)NC(C(=O)O)C1CC1. The first kappa shape index (κ1) is 17.3. The van der Waals surface area contributed by atoms with Gasteiger partial charge in [-0.3, -0.25) is 4.79 Å². The summed E-state index contributed by atoms with van der Waals surface area (Å²) in [5, 5.41) is 11.6. The van der Waals surface area contributed by atoms with E-state index in [4.69, 9.17) is 5.11 Å². The van der Waals surface area contributed by atoms with Crippen molar-refractivity contribution in [1.82, 2.24) is 5.32 Å². The monoisotopic (exact) mass is 329 g/mol. The molecule has 0 radical (unpaired) electrons. The van der Waals surface area contributed by atoms with Gasteiger partial charge < -0.3 is 10.4 Å². The molecule has 1 aromatic carbocycles. The van der Waals surface area contributed by atoms with Crippen LogP contribution in [0.2, 0.25) is 0 Å². The van der Waals surface area contributed by atoms with Crippen LogP contribution in [0.15, 0.2) is 24.3 Å². The maximum atomic E-state index is 12.7. The van der Waals surface area contributed by atoms with Crippen LogP contribution in [0, 0.1) is 11.8 Å². The Kier molecular flexibility index (Phi) is 4.97. The van der Waals surface area contributed by atoms with E-state index in [0.717, 1.165) is 25.0 Å². The first-order valence-corrected chi connectivity index (χ1v) is 7.38. The molecular weight excluding hydrogens is 311 g/mol. The van der Waals surface area contributed by atoms with Gasteiger partial charge in [0.25, 0.3) is 0 Å². The summed E-state index contributed by atoms with van der Waals surface area (Å²) in [4.78, 5) is 23.2. The zero-order valence-electron chi connectivity index (χ0n) is 12.6. The second-order valence-corrected chi connectivity index (χ2v) is 5.97. The quantitative estimate of drug-likeness (QED) is 0.843. The molecule has 0 bridgehead atoms. The summed E-state index contributed by atoms with van der Waals surface area (Å²) in [5.74, 6) is -2.19. The Morgan fingerprint density at radius 3 is 2.52 bits per heavy atom. The molecule has 1 aliphatic rings. The number of benzene rings is 1. The highest BCUT2D eigenvalue weighted by atomic mass is 19.4. The Morgan fingerprint density at radius 1 is 1.35 bits per heavy atom. The van der Waals surface area contributed by atoms with Gasteiger partial charge in [0.1, 0.15) is 6.04 Å². The second-order valence-electron chi connectivity index (χ2n) is 5.97. The zero-order valence-corrected chi connectivity index (χ0v) is 12.6. The number of nitrogens with one attached hydrogen (secondary N) is 1. The first-order valence-electron chi connectivity index (χ1n) is 7.38. The molecule has 1 aromatic rings. The molecule has 2 N–H and O–H groups in total. The van der Waals surface area contributed by atoms with Crippen LogP contribution in [0.5, 0.6) is 0 Å². The van der Waals surface area contributed by atoms with Crippen LogP contribution in [-0.4, -0.2) is 23.0 Å². The van der Waals surface area contributed by atoms with Crippen molar-refractivity contribution in [3.8, 4) is 0 Å². The van der Waals surface area contributed by atoms with E-state index in [1.54, 1.807) is 6.92 Å². The van der Waals surface area contributed by atoms with Crippen molar-refractivity contribution >= 4 is 11.9 Å². The molecule has 1 saturated carbocycles. The average molecular weight is 329 g/mol. The molecule has 1 fully saturated rings. The normalized spacial score (nSPS) is 17.4. The van der Waals surface area contributed by atoms with Gasteiger partial charge in [0.05, 0.1) is 5.56 Å². The van der Waals surface area contributed by atoms with Crippen molar-refractivity contribution in [2.45, 2.75) is 38.4 Å². The molecule has 2 unspecified atom stereocenters. The van der Waals surface area contributed by atoms with Crippen molar-refractivity contribution in [1.29, 1.82) is 0 Å². The number of hydrogen-bond acceptors (Lipinski definition) is 2. The van der Waals surface area contributed by atoms with E-state index in [1.807, 2.05) is 0 Å². The lowest BCUT2D eigenvalue weighted by molar-refractivity contribution is -0.143. The minimum atomic E-state index is -4.43. The first-order chi connectivity index (χ1) is 10.7. The average Bonchev–Trinajstić information content (AvgIpc) is 3.28. The number of aliphatic carboxylic acids is 1. The van der Waals surface area contributed by atoms with Gasteiger partial charge in [-0.05, 0) is 36.8 Å². The highest BCUT2D eigenvalue weighted by Crippen LogP contribution is 2.33. The van der Waals surface area contributed by atoms with Gasteiger partial charge in [-0.2, -0.15) is 13.2 Å². The second kappa shape index (κ2) is 6.60. The fourth-order valence-corrected chi connectivity index (χ4v) is 2.43. The summed E-state index contributed by atoms with van der Waals surface area (Å²) in [6.07, 6.45) is -2.78. The van der Waals surface area contributed by atoms with Gasteiger partial charge in [0.2, 0.25) is 5.91 Å².